The average Bonchev–Trinajstić information content (AvgIpc) is 3.20. The topological polar surface area (TPSA) is 65.5 Å². The van der Waals surface area contributed by atoms with Crippen LogP contribution in [0.1, 0.15) is 23.2 Å². The van der Waals surface area contributed by atoms with Crippen LogP contribution in [-0.2, 0) is 22.6 Å². The molecule has 5 rings (SSSR count). The lowest BCUT2D eigenvalue weighted by Gasteiger charge is -2.30. The fourth-order valence-electron chi connectivity index (χ4n) is 4.97. The molecule has 178 valence electrons. The van der Waals surface area contributed by atoms with Crippen LogP contribution in [0, 0.1) is 5.92 Å². The highest BCUT2D eigenvalue weighted by Gasteiger charge is 2.44. The summed E-state index contributed by atoms with van der Waals surface area (Å²) in [5, 5.41) is 3.31. The van der Waals surface area contributed by atoms with Crippen molar-refractivity contribution >= 4 is 17.4 Å². The summed E-state index contributed by atoms with van der Waals surface area (Å²) in [6.07, 6.45) is 3.05. The number of amides is 2. The lowest BCUT2D eigenvalue weighted by atomic mass is 9.88. The van der Waals surface area contributed by atoms with Crippen LogP contribution in [0.4, 0.5) is 0 Å². The molecule has 0 bridgehead atoms. The minimum absolute atomic E-state index is 0.0119. The predicted octanol–water partition coefficient (Wildman–Crippen LogP) is 3.52. The molecule has 3 aromatic rings. The molecule has 2 aliphatic heterocycles. The SMILES string of the molecule is O=C(C1=C(c2ccccc2)C(CCc2ccccn2)C(=O)N1Cc1ccccc1)N1CCNCC1. The standard InChI is InChI=1S/C29H30N4O2/c34-28-25(15-14-24-13-7-8-16-31-24)26(23-11-5-2-6-12-23)27(29(35)32-19-17-30-18-20-32)33(28)21-22-9-3-1-4-10-22/h1-13,16,25,30H,14-15,17-21H2. The first-order valence-electron chi connectivity index (χ1n) is 12.3. The van der Waals surface area contributed by atoms with Crippen LogP contribution in [-0.4, -0.2) is 52.8 Å². The number of nitrogens with zero attached hydrogens (tertiary/aromatic N) is 3. The summed E-state index contributed by atoms with van der Waals surface area (Å²) in [4.78, 5) is 36.0. The van der Waals surface area contributed by atoms with Gasteiger partial charge < -0.3 is 15.1 Å². The number of hydrogen-bond donors (Lipinski definition) is 1. The maximum atomic E-state index is 14.0. The molecule has 6 heteroatoms. The fourth-order valence-corrected chi connectivity index (χ4v) is 4.97. The van der Waals surface area contributed by atoms with Gasteiger partial charge in [0, 0.05) is 43.6 Å². The van der Waals surface area contributed by atoms with Crippen molar-refractivity contribution in [1.29, 1.82) is 0 Å². The fraction of sp³-hybridized carbons (Fsp3) is 0.276. The Hall–Kier alpha value is -3.77. The molecular formula is C29H30N4O2. The number of carbonyl (C=O) groups excluding carboxylic acids is 2. The van der Waals surface area contributed by atoms with E-state index in [1.165, 1.54) is 0 Å². The van der Waals surface area contributed by atoms with Crippen molar-refractivity contribution in [1.82, 2.24) is 20.1 Å². The highest BCUT2D eigenvalue weighted by molar-refractivity contribution is 6.12. The van der Waals surface area contributed by atoms with Gasteiger partial charge in [-0.25, -0.2) is 0 Å². The largest absolute Gasteiger partial charge is 0.335 e. The molecule has 2 amide bonds. The molecule has 6 nitrogen and oxygen atoms in total. The number of piperazine rings is 1. The first kappa shape index (κ1) is 23.0. The van der Waals surface area contributed by atoms with Gasteiger partial charge in [-0.2, -0.15) is 0 Å². The maximum absolute atomic E-state index is 14.0. The third-order valence-electron chi connectivity index (χ3n) is 6.73. The van der Waals surface area contributed by atoms with Gasteiger partial charge in [0.1, 0.15) is 5.70 Å². The molecule has 2 aromatic carbocycles. The molecule has 1 fully saturated rings. The molecule has 0 saturated carbocycles. The van der Waals surface area contributed by atoms with Crippen LogP contribution in [0.15, 0.2) is 90.8 Å². The van der Waals surface area contributed by atoms with Gasteiger partial charge in [-0.15, -0.1) is 0 Å². The third-order valence-corrected chi connectivity index (χ3v) is 6.73. The molecule has 1 N–H and O–H groups in total. The van der Waals surface area contributed by atoms with Crippen LogP contribution in [0.2, 0.25) is 0 Å². The summed E-state index contributed by atoms with van der Waals surface area (Å²) in [6, 6.07) is 25.7. The highest BCUT2D eigenvalue weighted by atomic mass is 16.2. The van der Waals surface area contributed by atoms with Gasteiger partial charge in [-0.3, -0.25) is 14.6 Å². The van der Waals surface area contributed by atoms with Crippen molar-refractivity contribution < 1.29 is 9.59 Å². The van der Waals surface area contributed by atoms with Gasteiger partial charge in [-0.1, -0.05) is 66.7 Å². The van der Waals surface area contributed by atoms with Gasteiger partial charge in [0.05, 0.1) is 12.5 Å². The van der Waals surface area contributed by atoms with Gasteiger partial charge in [0.2, 0.25) is 5.91 Å². The highest BCUT2D eigenvalue weighted by Crippen LogP contribution is 2.41. The zero-order valence-electron chi connectivity index (χ0n) is 19.8. The summed E-state index contributed by atoms with van der Waals surface area (Å²) < 4.78 is 0. The van der Waals surface area contributed by atoms with E-state index < -0.39 is 5.92 Å². The molecule has 1 aromatic heterocycles. The van der Waals surface area contributed by atoms with Gasteiger partial charge in [0.25, 0.3) is 5.91 Å². The number of aromatic nitrogens is 1. The number of benzene rings is 2. The molecular weight excluding hydrogens is 436 g/mol. The lowest BCUT2D eigenvalue weighted by molar-refractivity contribution is -0.136. The first-order valence-corrected chi connectivity index (χ1v) is 12.3. The smallest absolute Gasteiger partial charge is 0.271 e. The molecule has 1 unspecified atom stereocenters. The van der Waals surface area contributed by atoms with Gasteiger partial charge in [-0.05, 0) is 36.1 Å². The molecule has 0 radical (unpaired) electrons. The minimum Gasteiger partial charge on any atom is -0.335 e. The van der Waals surface area contributed by atoms with Gasteiger partial charge in [0.15, 0.2) is 0 Å². The molecule has 2 aliphatic rings. The Bertz CT molecular complexity index is 1190. The van der Waals surface area contributed by atoms with Crippen molar-refractivity contribution in [3.63, 3.8) is 0 Å². The number of carbonyl (C=O) groups is 2. The van der Waals surface area contributed by atoms with Crippen molar-refractivity contribution in [2.45, 2.75) is 19.4 Å². The van der Waals surface area contributed by atoms with Crippen molar-refractivity contribution in [3.05, 3.63) is 108 Å². The second-order valence-electron chi connectivity index (χ2n) is 8.99. The van der Waals surface area contributed by atoms with Crippen molar-refractivity contribution in [2.24, 2.45) is 5.92 Å². The number of nitrogens with one attached hydrogen (secondary N) is 1. The van der Waals surface area contributed by atoms with Gasteiger partial charge >= 0.3 is 0 Å². The number of aryl methyl sites for hydroxylation is 1. The van der Waals surface area contributed by atoms with E-state index in [1.807, 2.05) is 83.8 Å². The summed E-state index contributed by atoms with van der Waals surface area (Å²) in [5.74, 6) is -0.470. The molecule has 1 saturated heterocycles. The Morgan fingerprint density at radius 1 is 0.914 bits per heavy atom. The Kier molecular flexibility index (Phi) is 7.00. The Balaban J connectivity index is 1.57. The van der Waals surface area contributed by atoms with Crippen molar-refractivity contribution in [3.8, 4) is 0 Å². The van der Waals surface area contributed by atoms with E-state index in [2.05, 4.69) is 10.3 Å². The van der Waals surface area contributed by atoms with E-state index in [0.717, 1.165) is 35.5 Å². The van der Waals surface area contributed by atoms with E-state index in [4.69, 9.17) is 0 Å². The van der Waals surface area contributed by atoms with Crippen LogP contribution < -0.4 is 5.32 Å². The summed E-state index contributed by atoms with van der Waals surface area (Å²) in [5.41, 5.74) is 4.25. The number of pyridine rings is 1. The van der Waals surface area contributed by atoms with Crippen molar-refractivity contribution in [2.75, 3.05) is 26.2 Å². The zero-order chi connectivity index (χ0) is 24.0. The van der Waals surface area contributed by atoms with Crippen LogP contribution >= 0.6 is 0 Å². The second kappa shape index (κ2) is 10.7. The third kappa shape index (κ3) is 5.03. The molecule has 35 heavy (non-hydrogen) atoms. The van der Waals surface area contributed by atoms with Crippen LogP contribution in [0.3, 0.4) is 0 Å². The molecule has 0 spiro atoms. The Labute approximate surface area is 206 Å². The average molecular weight is 467 g/mol. The summed E-state index contributed by atoms with van der Waals surface area (Å²) in [7, 11) is 0. The second-order valence-corrected chi connectivity index (χ2v) is 8.99. The zero-order valence-corrected chi connectivity index (χ0v) is 19.8. The number of rotatable bonds is 7. The monoisotopic (exact) mass is 466 g/mol. The quantitative estimate of drug-likeness (QED) is 0.579. The predicted molar refractivity (Wildman–Crippen MR) is 136 cm³/mol. The maximum Gasteiger partial charge on any atom is 0.271 e. The molecule has 3 heterocycles. The van der Waals surface area contributed by atoms with Crippen LogP contribution in [0.5, 0.6) is 0 Å². The van der Waals surface area contributed by atoms with E-state index in [9.17, 15) is 9.59 Å². The normalized spacial score (nSPS) is 18.3. The molecule has 1 atom stereocenters. The minimum atomic E-state index is -0.398. The van der Waals surface area contributed by atoms with Crippen LogP contribution in [0.25, 0.3) is 5.57 Å². The summed E-state index contributed by atoms with van der Waals surface area (Å²) in [6.45, 7) is 3.17. The van der Waals surface area contributed by atoms with E-state index in [0.29, 0.717) is 38.2 Å². The Morgan fingerprint density at radius 2 is 1.60 bits per heavy atom. The van der Waals surface area contributed by atoms with E-state index in [-0.39, 0.29) is 11.8 Å². The first-order chi connectivity index (χ1) is 17.2. The van der Waals surface area contributed by atoms with E-state index in [1.54, 1.807) is 11.1 Å². The Morgan fingerprint density at radius 3 is 2.29 bits per heavy atom. The lowest BCUT2D eigenvalue weighted by Crippen LogP contribution is -2.48. The number of hydrogen-bond acceptors (Lipinski definition) is 4. The molecule has 0 aliphatic carbocycles. The summed E-state index contributed by atoms with van der Waals surface area (Å²) >= 11 is 0. The van der Waals surface area contributed by atoms with E-state index >= 15 is 0 Å².